The van der Waals surface area contributed by atoms with E-state index in [4.69, 9.17) is 5.26 Å². The highest BCUT2D eigenvalue weighted by atomic mass is 16.6. The lowest BCUT2D eigenvalue weighted by Crippen LogP contribution is -2.18. The van der Waals surface area contributed by atoms with Crippen molar-refractivity contribution in [3.8, 4) is 6.07 Å². The number of rotatable bonds is 4. The van der Waals surface area contributed by atoms with Crippen LogP contribution in [0.4, 0.5) is 11.4 Å². The Hall–Kier alpha value is -2.94. The van der Waals surface area contributed by atoms with E-state index in [-0.39, 0.29) is 11.3 Å². The number of nitriles is 1. The molecule has 0 atom stereocenters. The minimum absolute atomic E-state index is 0.0858. The van der Waals surface area contributed by atoms with Crippen molar-refractivity contribution < 1.29 is 4.92 Å². The third-order valence-electron chi connectivity index (χ3n) is 3.07. The fourth-order valence-corrected chi connectivity index (χ4v) is 2.08. The van der Waals surface area contributed by atoms with Crippen LogP contribution in [0.1, 0.15) is 17.0 Å². The average molecular weight is 282 g/mol. The van der Waals surface area contributed by atoms with Crippen molar-refractivity contribution in [2.75, 3.05) is 11.9 Å². The predicted molar refractivity (Wildman–Crippen MR) is 78.9 cm³/mol. The molecule has 0 unspecified atom stereocenters. The smallest absolute Gasteiger partial charge is 0.270 e. The number of hydrogen-bond donors (Lipinski definition) is 0. The second-order valence-electron chi connectivity index (χ2n) is 4.70. The Bertz CT molecular complexity index is 722. The van der Waals surface area contributed by atoms with Crippen LogP contribution >= 0.6 is 0 Å². The van der Waals surface area contributed by atoms with Crippen LogP contribution in [-0.4, -0.2) is 17.0 Å². The van der Waals surface area contributed by atoms with Gasteiger partial charge in [-0.3, -0.25) is 15.1 Å². The molecule has 6 nitrogen and oxygen atoms in total. The topological polar surface area (TPSA) is 83.1 Å². The molecule has 21 heavy (non-hydrogen) atoms. The molecule has 0 amide bonds. The van der Waals surface area contributed by atoms with Crippen molar-refractivity contribution in [2.24, 2.45) is 0 Å². The summed E-state index contributed by atoms with van der Waals surface area (Å²) in [4.78, 5) is 16.5. The van der Waals surface area contributed by atoms with Crippen molar-refractivity contribution >= 4 is 11.4 Å². The van der Waals surface area contributed by atoms with Crippen molar-refractivity contribution in [1.29, 1.82) is 5.26 Å². The van der Waals surface area contributed by atoms with Gasteiger partial charge in [0.15, 0.2) is 0 Å². The van der Waals surface area contributed by atoms with Crippen molar-refractivity contribution in [3.63, 3.8) is 0 Å². The number of nitrogens with zero attached hydrogens (tertiary/aromatic N) is 4. The largest absolute Gasteiger partial charge is 0.368 e. The number of nitro groups is 1. The lowest BCUT2D eigenvalue weighted by atomic mass is 10.1. The molecular formula is C15H14N4O2. The third-order valence-corrected chi connectivity index (χ3v) is 3.07. The van der Waals surface area contributed by atoms with Gasteiger partial charge in [-0.05, 0) is 25.1 Å². The van der Waals surface area contributed by atoms with Crippen LogP contribution in [0.25, 0.3) is 0 Å². The zero-order valence-corrected chi connectivity index (χ0v) is 11.8. The normalized spacial score (nSPS) is 9.95. The van der Waals surface area contributed by atoms with E-state index in [2.05, 4.69) is 4.98 Å². The minimum atomic E-state index is -0.507. The summed E-state index contributed by atoms with van der Waals surface area (Å²) in [6.07, 6.45) is 0. The maximum absolute atomic E-state index is 10.8. The van der Waals surface area contributed by atoms with E-state index in [1.54, 1.807) is 6.07 Å². The zero-order chi connectivity index (χ0) is 15.4. The van der Waals surface area contributed by atoms with Gasteiger partial charge in [-0.25, -0.2) is 0 Å². The average Bonchev–Trinajstić information content (AvgIpc) is 2.46. The number of aromatic nitrogens is 1. The van der Waals surface area contributed by atoms with E-state index in [0.717, 1.165) is 11.4 Å². The molecule has 2 rings (SSSR count). The molecule has 0 spiro atoms. The Morgan fingerprint density at radius 1 is 1.38 bits per heavy atom. The maximum atomic E-state index is 10.8. The van der Waals surface area contributed by atoms with E-state index < -0.39 is 4.92 Å². The molecule has 0 saturated carbocycles. The van der Waals surface area contributed by atoms with Gasteiger partial charge in [0, 0.05) is 24.9 Å². The quantitative estimate of drug-likeness (QED) is 0.636. The van der Waals surface area contributed by atoms with E-state index in [0.29, 0.717) is 12.2 Å². The summed E-state index contributed by atoms with van der Waals surface area (Å²) in [6.45, 7) is 2.43. The number of aryl methyl sites for hydroxylation is 1. The summed E-state index contributed by atoms with van der Waals surface area (Å²) >= 11 is 0. The van der Waals surface area contributed by atoms with Gasteiger partial charge >= 0.3 is 0 Å². The zero-order valence-electron chi connectivity index (χ0n) is 11.8. The van der Waals surface area contributed by atoms with Gasteiger partial charge in [-0.1, -0.05) is 6.07 Å². The third kappa shape index (κ3) is 3.34. The number of nitro benzene ring substituents is 1. The number of anilines is 1. The summed E-state index contributed by atoms with van der Waals surface area (Å²) in [6, 6.07) is 12.0. The Labute approximate surface area is 122 Å². The van der Waals surface area contributed by atoms with Gasteiger partial charge in [0.1, 0.15) is 6.07 Å². The van der Waals surface area contributed by atoms with Crippen LogP contribution in [0.15, 0.2) is 36.4 Å². The van der Waals surface area contributed by atoms with Crippen LogP contribution in [0.2, 0.25) is 0 Å². The molecule has 1 aromatic heterocycles. The first kappa shape index (κ1) is 14.5. The summed E-state index contributed by atoms with van der Waals surface area (Å²) < 4.78 is 0. The molecule has 0 aliphatic rings. The molecule has 0 saturated heterocycles. The van der Waals surface area contributed by atoms with Gasteiger partial charge in [0.2, 0.25) is 0 Å². The SMILES string of the molecule is Cc1cccc(CN(C)c2ccc([N+](=O)[O-])cc2C#N)n1. The molecule has 2 aromatic rings. The summed E-state index contributed by atoms with van der Waals surface area (Å²) in [5, 5.41) is 19.9. The summed E-state index contributed by atoms with van der Waals surface area (Å²) in [7, 11) is 1.83. The Kier molecular flexibility index (Phi) is 4.14. The highest BCUT2D eigenvalue weighted by Gasteiger charge is 2.14. The van der Waals surface area contributed by atoms with Gasteiger partial charge in [0.25, 0.3) is 5.69 Å². The first-order valence-corrected chi connectivity index (χ1v) is 6.33. The molecule has 0 aliphatic carbocycles. The number of hydrogen-bond acceptors (Lipinski definition) is 5. The lowest BCUT2D eigenvalue weighted by molar-refractivity contribution is -0.384. The molecule has 106 valence electrons. The van der Waals surface area contributed by atoms with E-state index in [1.165, 1.54) is 12.1 Å². The molecular weight excluding hydrogens is 268 g/mol. The van der Waals surface area contributed by atoms with Crippen LogP contribution in [-0.2, 0) is 6.54 Å². The van der Waals surface area contributed by atoms with Crippen molar-refractivity contribution in [1.82, 2.24) is 4.98 Å². The molecule has 6 heteroatoms. The number of pyridine rings is 1. The second-order valence-corrected chi connectivity index (χ2v) is 4.70. The van der Waals surface area contributed by atoms with E-state index in [1.807, 2.05) is 43.1 Å². The molecule has 0 radical (unpaired) electrons. The van der Waals surface area contributed by atoms with Crippen LogP contribution in [0.3, 0.4) is 0 Å². The van der Waals surface area contributed by atoms with Gasteiger partial charge < -0.3 is 4.90 Å². The highest BCUT2D eigenvalue weighted by Crippen LogP contribution is 2.25. The molecule has 0 bridgehead atoms. The highest BCUT2D eigenvalue weighted by molar-refractivity contribution is 5.62. The maximum Gasteiger partial charge on any atom is 0.270 e. The van der Waals surface area contributed by atoms with Gasteiger partial charge in [0.05, 0.1) is 28.4 Å². The standard InChI is InChI=1S/C15H14N4O2/c1-11-4-3-5-13(17-11)10-18(2)15-7-6-14(19(20)21)8-12(15)9-16/h3-8H,10H2,1-2H3. The monoisotopic (exact) mass is 282 g/mol. The van der Waals surface area contributed by atoms with Gasteiger partial charge in [-0.2, -0.15) is 5.26 Å². The molecule has 1 heterocycles. The fraction of sp³-hybridized carbons (Fsp3) is 0.200. The fourth-order valence-electron chi connectivity index (χ4n) is 2.08. The number of non-ortho nitro benzene ring substituents is 1. The molecule has 0 fully saturated rings. The van der Waals surface area contributed by atoms with Crippen molar-refractivity contribution in [3.05, 3.63) is 63.5 Å². The first-order chi connectivity index (χ1) is 10.0. The minimum Gasteiger partial charge on any atom is -0.368 e. The molecule has 1 aromatic carbocycles. The van der Waals surface area contributed by atoms with Gasteiger partial charge in [-0.15, -0.1) is 0 Å². The predicted octanol–water partition coefficient (Wildman–Crippen LogP) is 2.81. The van der Waals surface area contributed by atoms with Crippen molar-refractivity contribution in [2.45, 2.75) is 13.5 Å². The number of benzene rings is 1. The van der Waals surface area contributed by atoms with E-state index in [9.17, 15) is 10.1 Å². The Morgan fingerprint density at radius 2 is 2.14 bits per heavy atom. The van der Waals surface area contributed by atoms with E-state index >= 15 is 0 Å². The summed E-state index contributed by atoms with van der Waals surface area (Å²) in [5.41, 5.74) is 2.63. The molecule has 0 aliphatic heterocycles. The Balaban J connectivity index is 2.29. The van der Waals surface area contributed by atoms with Crippen LogP contribution in [0, 0.1) is 28.4 Å². The first-order valence-electron chi connectivity index (χ1n) is 6.33. The lowest BCUT2D eigenvalue weighted by Gasteiger charge is -2.20. The van der Waals surface area contributed by atoms with Crippen LogP contribution in [0.5, 0.6) is 0 Å². The second kappa shape index (κ2) is 6.01. The molecule has 0 N–H and O–H groups in total. The summed E-state index contributed by atoms with van der Waals surface area (Å²) in [5.74, 6) is 0. The van der Waals surface area contributed by atoms with Crippen LogP contribution < -0.4 is 4.90 Å². The Morgan fingerprint density at radius 3 is 2.76 bits per heavy atom.